The normalized spacial score (nSPS) is 19.7. The standard InChI is InChI=1S/C19H31NO4.ClH/c1-14(18(21)15-7-9-16(22-4)10-8-15)20-11-5-6-17-23-12-19(2,3)13-24-17;/h7-10,14,17-18,20-21H,5-6,11-13H2,1-4H3;1H. The Bertz CT molecular complexity index is 485. The maximum atomic E-state index is 10.4. The summed E-state index contributed by atoms with van der Waals surface area (Å²) in [4.78, 5) is 0. The molecule has 6 heteroatoms. The highest BCUT2D eigenvalue weighted by molar-refractivity contribution is 5.28. The summed E-state index contributed by atoms with van der Waals surface area (Å²) < 4.78 is 16.6. The highest BCUT2D eigenvalue weighted by Gasteiger charge is 2.28. The van der Waals surface area contributed by atoms with Gasteiger partial charge in [0.25, 0.3) is 0 Å². The fourth-order valence-electron chi connectivity index (χ4n) is 2.79. The molecule has 1 aliphatic heterocycles. The Morgan fingerprint density at radius 1 is 1.24 bits per heavy atom. The Morgan fingerprint density at radius 2 is 1.84 bits per heavy atom. The third-order valence-corrected chi connectivity index (χ3v) is 4.46. The van der Waals surface area contributed by atoms with E-state index in [-0.39, 0.29) is 30.2 Å². The number of nitrogens with two attached hydrogens (primary N) is 1. The van der Waals surface area contributed by atoms with Crippen LogP contribution in [0.15, 0.2) is 24.3 Å². The van der Waals surface area contributed by atoms with E-state index in [0.29, 0.717) is 0 Å². The molecule has 0 aliphatic carbocycles. The molecule has 0 spiro atoms. The molecule has 1 heterocycles. The van der Waals surface area contributed by atoms with E-state index in [2.05, 4.69) is 19.2 Å². The van der Waals surface area contributed by atoms with Gasteiger partial charge in [0.1, 0.15) is 17.9 Å². The van der Waals surface area contributed by atoms with Crippen molar-refractivity contribution >= 4 is 0 Å². The SMILES string of the molecule is COc1ccc(C(O)C(C)[NH2+]CCCC2OCC(C)(C)CO2)cc1.[Cl-]. The van der Waals surface area contributed by atoms with Crippen molar-refractivity contribution in [2.75, 3.05) is 26.9 Å². The van der Waals surface area contributed by atoms with Crippen LogP contribution in [0, 0.1) is 5.41 Å². The quantitative estimate of drug-likeness (QED) is 0.566. The molecule has 3 N–H and O–H groups in total. The lowest BCUT2D eigenvalue weighted by molar-refractivity contribution is -0.694. The van der Waals surface area contributed by atoms with E-state index in [9.17, 15) is 5.11 Å². The summed E-state index contributed by atoms with van der Waals surface area (Å²) in [5, 5.41) is 12.6. The molecule has 0 bridgehead atoms. The molecule has 2 unspecified atom stereocenters. The van der Waals surface area contributed by atoms with E-state index < -0.39 is 6.10 Å². The zero-order valence-corrected chi connectivity index (χ0v) is 16.5. The van der Waals surface area contributed by atoms with Crippen LogP contribution in [0.1, 0.15) is 45.3 Å². The topological polar surface area (TPSA) is 64.5 Å². The van der Waals surface area contributed by atoms with Gasteiger partial charge in [0.15, 0.2) is 6.29 Å². The Kier molecular flexibility index (Phi) is 9.17. The molecule has 0 saturated carbocycles. The van der Waals surface area contributed by atoms with Crippen molar-refractivity contribution in [2.24, 2.45) is 5.41 Å². The summed E-state index contributed by atoms with van der Waals surface area (Å²) in [5.74, 6) is 0.804. The maximum absolute atomic E-state index is 10.4. The van der Waals surface area contributed by atoms with E-state index in [1.165, 1.54) is 0 Å². The van der Waals surface area contributed by atoms with Crippen LogP contribution in [-0.2, 0) is 9.47 Å². The molecule has 0 amide bonds. The molecule has 5 nitrogen and oxygen atoms in total. The number of aliphatic hydroxyl groups is 1. The summed E-state index contributed by atoms with van der Waals surface area (Å²) >= 11 is 0. The van der Waals surface area contributed by atoms with Crippen LogP contribution < -0.4 is 22.5 Å². The monoisotopic (exact) mass is 373 g/mol. The van der Waals surface area contributed by atoms with Gasteiger partial charge in [-0.15, -0.1) is 0 Å². The summed E-state index contributed by atoms with van der Waals surface area (Å²) in [7, 11) is 1.64. The van der Waals surface area contributed by atoms with Gasteiger partial charge in [-0.2, -0.15) is 0 Å². The predicted octanol–water partition coefficient (Wildman–Crippen LogP) is -1.14. The van der Waals surface area contributed by atoms with Crippen LogP contribution in [0.3, 0.4) is 0 Å². The van der Waals surface area contributed by atoms with E-state index in [1.54, 1.807) is 7.11 Å². The second-order valence-electron chi connectivity index (χ2n) is 7.46. The van der Waals surface area contributed by atoms with E-state index in [4.69, 9.17) is 14.2 Å². The first-order valence-electron chi connectivity index (χ1n) is 8.80. The van der Waals surface area contributed by atoms with Crippen LogP contribution in [0.5, 0.6) is 5.75 Å². The van der Waals surface area contributed by atoms with Gasteiger partial charge in [-0.05, 0) is 24.6 Å². The third-order valence-electron chi connectivity index (χ3n) is 4.46. The van der Waals surface area contributed by atoms with Crippen molar-refractivity contribution in [1.82, 2.24) is 0 Å². The Morgan fingerprint density at radius 3 is 2.40 bits per heavy atom. The molecule has 1 aliphatic rings. The lowest BCUT2D eigenvalue weighted by Gasteiger charge is -2.34. The summed E-state index contributed by atoms with van der Waals surface area (Å²) in [6, 6.07) is 7.69. The van der Waals surface area contributed by atoms with Gasteiger partial charge in [0, 0.05) is 18.3 Å². The molecule has 1 fully saturated rings. The van der Waals surface area contributed by atoms with Crippen LogP contribution in [-0.4, -0.2) is 44.3 Å². The first kappa shape index (κ1) is 22.2. The molecule has 144 valence electrons. The fraction of sp³-hybridized carbons (Fsp3) is 0.684. The number of hydrogen-bond donors (Lipinski definition) is 2. The molecular weight excluding hydrogens is 342 g/mol. The highest BCUT2D eigenvalue weighted by Crippen LogP contribution is 2.24. The maximum Gasteiger partial charge on any atom is 0.157 e. The van der Waals surface area contributed by atoms with Crippen molar-refractivity contribution in [2.45, 2.75) is 52.0 Å². The number of aliphatic hydroxyl groups excluding tert-OH is 1. The van der Waals surface area contributed by atoms with Gasteiger partial charge in [-0.25, -0.2) is 0 Å². The minimum absolute atomic E-state index is 0. The van der Waals surface area contributed by atoms with Gasteiger partial charge in [0.2, 0.25) is 0 Å². The predicted molar refractivity (Wildman–Crippen MR) is 92.9 cm³/mol. The van der Waals surface area contributed by atoms with Crippen molar-refractivity contribution in [3.63, 3.8) is 0 Å². The van der Waals surface area contributed by atoms with Gasteiger partial charge >= 0.3 is 0 Å². The molecule has 25 heavy (non-hydrogen) atoms. The molecule has 2 rings (SSSR count). The lowest BCUT2D eigenvalue weighted by atomic mass is 9.95. The van der Waals surface area contributed by atoms with Gasteiger partial charge < -0.3 is 37.0 Å². The molecule has 1 aromatic rings. The smallest absolute Gasteiger partial charge is 0.157 e. The van der Waals surface area contributed by atoms with Gasteiger partial charge in [-0.3, -0.25) is 0 Å². The second-order valence-corrected chi connectivity index (χ2v) is 7.46. The fourth-order valence-corrected chi connectivity index (χ4v) is 2.79. The van der Waals surface area contributed by atoms with Crippen LogP contribution in [0.2, 0.25) is 0 Å². The van der Waals surface area contributed by atoms with Gasteiger partial charge in [0.05, 0.1) is 26.9 Å². The number of hydrogen-bond acceptors (Lipinski definition) is 4. The molecule has 2 atom stereocenters. The van der Waals surface area contributed by atoms with Crippen LogP contribution >= 0.6 is 0 Å². The Hall–Kier alpha value is -0.850. The Labute approximate surface area is 157 Å². The number of rotatable bonds is 8. The second kappa shape index (κ2) is 10.3. The number of ether oxygens (including phenoxy) is 3. The zero-order valence-electron chi connectivity index (χ0n) is 15.7. The number of halogens is 1. The average Bonchev–Trinajstić information content (AvgIpc) is 2.59. The highest BCUT2D eigenvalue weighted by atomic mass is 35.5. The van der Waals surface area contributed by atoms with E-state index in [0.717, 1.165) is 43.9 Å². The largest absolute Gasteiger partial charge is 1.00 e. The van der Waals surface area contributed by atoms with Crippen molar-refractivity contribution in [3.05, 3.63) is 29.8 Å². The van der Waals surface area contributed by atoms with Gasteiger partial charge in [-0.1, -0.05) is 26.0 Å². The number of methoxy groups -OCH3 is 1. The molecule has 0 aromatic heterocycles. The van der Waals surface area contributed by atoms with Crippen molar-refractivity contribution < 1.29 is 37.0 Å². The first-order chi connectivity index (χ1) is 11.4. The van der Waals surface area contributed by atoms with E-state index >= 15 is 0 Å². The molecule has 0 radical (unpaired) electrons. The lowest BCUT2D eigenvalue weighted by Crippen LogP contribution is -3.00. The average molecular weight is 374 g/mol. The first-order valence-corrected chi connectivity index (χ1v) is 8.80. The third kappa shape index (κ3) is 7.12. The minimum Gasteiger partial charge on any atom is -1.00 e. The molecular formula is C19H32ClNO4. The van der Waals surface area contributed by atoms with Crippen LogP contribution in [0.25, 0.3) is 0 Å². The van der Waals surface area contributed by atoms with E-state index in [1.807, 2.05) is 31.2 Å². The summed E-state index contributed by atoms with van der Waals surface area (Å²) in [6.07, 6.45) is 1.34. The minimum atomic E-state index is -0.487. The number of quaternary nitrogens is 1. The number of benzene rings is 1. The Balaban J connectivity index is 0.00000312. The van der Waals surface area contributed by atoms with Crippen molar-refractivity contribution in [1.29, 1.82) is 0 Å². The molecule has 1 saturated heterocycles. The summed E-state index contributed by atoms with van der Waals surface area (Å²) in [6.45, 7) is 8.81. The van der Waals surface area contributed by atoms with Crippen LogP contribution in [0.4, 0.5) is 0 Å². The zero-order chi connectivity index (χ0) is 17.6. The molecule has 1 aromatic carbocycles. The van der Waals surface area contributed by atoms with Crippen molar-refractivity contribution in [3.8, 4) is 5.75 Å². The summed E-state index contributed by atoms with van der Waals surface area (Å²) in [5.41, 5.74) is 1.04.